The van der Waals surface area contributed by atoms with Gasteiger partial charge in [-0.3, -0.25) is 5.41 Å². The van der Waals surface area contributed by atoms with Gasteiger partial charge in [-0.05, 0) is 48.1 Å². The lowest BCUT2D eigenvalue weighted by Gasteiger charge is -2.09. The number of pyridine rings is 1. The number of rotatable bonds is 3. The fraction of sp³-hybridized carbons (Fsp3) is 0.167. The Labute approximate surface area is 138 Å². The lowest BCUT2D eigenvalue weighted by Crippen LogP contribution is -2.44. The molecule has 24 heavy (non-hydrogen) atoms. The zero-order chi connectivity index (χ0) is 16.7. The van der Waals surface area contributed by atoms with Crippen LogP contribution >= 0.6 is 0 Å². The summed E-state index contributed by atoms with van der Waals surface area (Å²) in [7, 11) is 0. The molecular weight excluding hydrogens is 302 g/mol. The topological polar surface area (TPSA) is 113 Å². The van der Waals surface area contributed by atoms with Crippen molar-refractivity contribution in [1.82, 2.24) is 9.97 Å². The van der Waals surface area contributed by atoms with Crippen LogP contribution in [0.4, 0.5) is 5.82 Å². The molecule has 4 rings (SSSR count). The summed E-state index contributed by atoms with van der Waals surface area (Å²) in [5.74, 6) is 0.848. The van der Waals surface area contributed by atoms with E-state index in [1.807, 2.05) is 30.5 Å². The van der Waals surface area contributed by atoms with Crippen LogP contribution in [0.15, 0.2) is 42.7 Å². The van der Waals surface area contributed by atoms with E-state index in [2.05, 4.69) is 16.0 Å². The predicted octanol–water partition coefficient (Wildman–Crippen LogP) is 1.72. The quantitative estimate of drug-likeness (QED) is 0.435. The lowest BCUT2D eigenvalue weighted by atomic mass is 10.0. The first-order chi connectivity index (χ1) is 11.6. The molecular formula is C18H18N5O+. The first kappa shape index (κ1) is 14.4. The van der Waals surface area contributed by atoms with Gasteiger partial charge in [-0.2, -0.15) is 0 Å². The van der Waals surface area contributed by atoms with Crippen LogP contribution < -0.4 is 11.1 Å². The standard InChI is InChI=1S/C18H17N5O/c19-16-14(18(21)24-17(20)10-1-2-10)8-13(9-23-16)11-3-4-15-12(7-11)5-6-22-15/h3-10,20-22H,1-2H2,(H2,19,23)/p+1. The number of nitrogen functional groups attached to an aromatic ring is 1. The minimum atomic E-state index is -0.0611. The van der Waals surface area contributed by atoms with Gasteiger partial charge in [0.05, 0.1) is 11.5 Å². The first-order valence-electron chi connectivity index (χ1n) is 7.84. The van der Waals surface area contributed by atoms with Gasteiger partial charge >= 0.3 is 5.90 Å². The van der Waals surface area contributed by atoms with Crippen molar-refractivity contribution < 1.29 is 10.1 Å². The Balaban J connectivity index is 1.67. The number of hydrogen-bond acceptors (Lipinski definition) is 4. The number of nitrogens with zero attached hydrogens (tertiary/aromatic N) is 1. The number of nitrogens with two attached hydrogens (primary N) is 2. The maximum atomic E-state index is 8.14. The van der Waals surface area contributed by atoms with Crippen LogP contribution in [0.5, 0.6) is 0 Å². The Bertz CT molecular complexity index is 955. The maximum absolute atomic E-state index is 8.14. The van der Waals surface area contributed by atoms with E-state index in [0.717, 1.165) is 34.9 Å². The highest BCUT2D eigenvalue weighted by atomic mass is 16.5. The summed E-state index contributed by atoms with van der Waals surface area (Å²) in [6.07, 6.45) is 5.64. The molecule has 1 aromatic carbocycles. The lowest BCUT2D eigenvalue weighted by molar-refractivity contribution is -0.136. The summed E-state index contributed by atoms with van der Waals surface area (Å²) < 4.78 is 5.44. The van der Waals surface area contributed by atoms with Crippen LogP contribution in [0.25, 0.3) is 22.0 Å². The maximum Gasteiger partial charge on any atom is 0.342 e. The molecule has 1 aliphatic rings. The Hall–Kier alpha value is -3.15. The van der Waals surface area contributed by atoms with Gasteiger partial charge in [0, 0.05) is 23.5 Å². The van der Waals surface area contributed by atoms with Crippen molar-refractivity contribution in [2.75, 3.05) is 5.73 Å². The molecule has 1 aliphatic carbocycles. The molecule has 0 radical (unpaired) electrons. The molecule has 1 fully saturated rings. The summed E-state index contributed by atoms with van der Waals surface area (Å²) >= 11 is 0. The second kappa shape index (κ2) is 5.49. The van der Waals surface area contributed by atoms with Gasteiger partial charge < -0.3 is 15.5 Å². The predicted molar refractivity (Wildman–Crippen MR) is 93.5 cm³/mol. The number of benzene rings is 1. The zero-order valence-electron chi connectivity index (χ0n) is 13.0. The molecule has 6 nitrogen and oxygen atoms in total. The highest BCUT2D eigenvalue weighted by Crippen LogP contribution is 2.30. The van der Waals surface area contributed by atoms with E-state index >= 15 is 0 Å². The van der Waals surface area contributed by atoms with Gasteiger partial charge in [-0.25, -0.2) is 10.4 Å². The number of fused-ring (bicyclic) bond motifs is 1. The van der Waals surface area contributed by atoms with E-state index in [-0.39, 0.29) is 17.6 Å². The molecule has 0 aliphatic heterocycles. The van der Waals surface area contributed by atoms with Crippen LogP contribution in [-0.2, 0) is 4.74 Å². The second-order valence-electron chi connectivity index (χ2n) is 6.04. The Morgan fingerprint density at radius 3 is 2.88 bits per heavy atom. The van der Waals surface area contributed by atoms with Crippen molar-refractivity contribution in [3.63, 3.8) is 0 Å². The molecule has 2 aromatic heterocycles. The van der Waals surface area contributed by atoms with Crippen LogP contribution in [0.2, 0.25) is 0 Å². The minimum absolute atomic E-state index is 0.0611. The van der Waals surface area contributed by atoms with Crippen LogP contribution in [0.3, 0.4) is 0 Å². The largest absolute Gasteiger partial charge is 0.389 e. The molecule has 6 N–H and O–H groups in total. The van der Waals surface area contributed by atoms with E-state index in [0.29, 0.717) is 11.5 Å². The molecule has 0 spiro atoms. The third-order valence-electron chi connectivity index (χ3n) is 4.25. The fourth-order valence-electron chi connectivity index (χ4n) is 2.67. The number of anilines is 1. The molecule has 120 valence electrons. The van der Waals surface area contributed by atoms with Gasteiger partial charge in [-0.15, -0.1) is 0 Å². The number of aromatic amines is 1. The van der Waals surface area contributed by atoms with Crippen molar-refractivity contribution >= 4 is 28.5 Å². The molecule has 0 amide bonds. The van der Waals surface area contributed by atoms with Crippen LogP contribution in [0, 0.1) is 11.3 Å². The van der Waals surface area contributed by atoms with Crippen LogP contribution in [0.1, 0.15) is 18.4 Å². The number of aromatic nitrogens is 2. The number of ether oxygens (including phenoxy) is 1. The monoisotopic (exact) mass is 320 g/mol. The molecule has 1 saturated carbocycles. The van der Waals surface area contributed by atoms with Gasteiger partial charge in [0.1, 0.15) is 5.82 Å². The summed E-state index contributed by atoms with van der Waals surface area (Å²) in [5, 5.41) is 15.1. The van der Waals surface area contributed by atoms with E-state index in [1.165, 1.54) is 0 Å². The number of H-pyrrole nitrogens is 1. The molecule has 0 atom stereocenters. The molecule has 0 bridgehead atoms. The summed E-state index contributed by atoms with van der Waals surface area (Å²) in [4.78, 5) is 7.38. The van der Waals surface area contributed by atoms with Crippen molar-refractivity contribution in [2.45, 2.75) is 12.8 Å². The average Bonchev–Trinajstić information content (AvgIpc) is 3.33. The minimum Gasteiger partial charge on any atom is -0.389 e. The molecule has 2 heterocycles. The third kappa shape index (κ3) is 2.62. The van der Waals surface area contributed by atoms with E-state index in [9.17, 15) is 0 Å². The Morgan fingerprint density at radius 2 is 2.08 bits per heavy atom. The molecule has 3 aromatic rings. The molecule has 6 heteroatoms. The van der Waals surface area contributed by atoms with E-state index in [4.69, 9.17) is 21.3 Å². The summed E-state index contributed by atoms with van der Waals surface area (Å²) in [5.41, 5.74) is 9.32. The fourth-order valence-corrected chi connectivity index (χ4v) is 2.67. The first-order valence-corrected chi connectivity index (χ1v) is 7.84. The van der Waals surface area contributed by atoms with Crippen LogP contribution in [-0.4, -0.2) is 21.8 Å². The number of hydrogen-bond donors (Lipinski definition) is 4. The van der Waals surface area contributed by atoms with Gasteiger partial charge in [0.15, 0.2) is 0 Å². The van der Waals surface area contributed by atoms with E-state index in [1.54, 1.807) is 6.20 Å². The van der Waals surface area contributed by atoms with E-state index < -0.39 is 0 Å². The Morgan fingerprint density at radius 1 is 1.25 bits per heavy atom. The van der Waals surface area contributed by atoms with Crippen molar-refractivity contribution in [3.8, 4) is 11.1 Å². The van der Waals surface area contributed by atoms with Crippen molar-refractivity contribution in [2.24, 2.45) is 5.92 Å². The average molecular weight is 320 g/mol. The Kier molecular flexibility index (Phi) is 3.30. The SMILES string of the molecule is N=C(OC(=[NH2+])C1CC1)c1cc(-c2ccc3[nH]ccc3c2)cnc1N. The van der Waals surface area contributed by atoms with Crippen molar-refractivity contribution in [3.05, 3.63) is 48.3 Å². The highest BCUT2D eigenvalue weighted by Gasteiger charge is 2.34. The highest BCUT2D eigenvalue weighted by molar-refractivity contribution is 6.03. The van der Waals surface area contributed by atoms with Gasteiger partial charge in [0.25, 0.3) is 0 Å². The summed E-state index contributed by atoms with van der Waals surface area (Å²) in [6.45, 7) is 0. The van der Waals surface area contributed by atoms with Gasteiger partial charge in [0.2, 0.25) is 5.90 Å². The van der Waals surface area contributed by atoms with Crippen molar-refractivity contribution in [1.29, 1.82) is 5.41 Å². The molecule has 0 saturated heterocycles. The second-order valence-corrected chi connectivity index (χ2v) is 6.04. The summed E-state index contributed by atoms with van der Waals surface area (Å²) in [6, 6.07) is 9.92. The smallest absolute Gasteiger partial charge is 0.342 e. The number of nitrogens with one attached hydrogen (secondary N) is 2. The zero-order valence-corrected chi connectivity index (χ0v) is 13.0. The van der Waals surface area contributed by atoms with Gasteiger partial charge in [-0.1, -0.05) is 6.07 Å². The third-order valence-corrected chi connectivity index (χ3v) is 4.25. The molecule has 0 unspecified atom stereocenters. The normalized spacial score (nSPS) is 13.8.